The van der Waals surface area contributed by atoms with Gasteiger partial charge in [0.25, 0.3) is 0 Å². The van der Waals surface area contributed by atoms with Crippen LogP contribution in [-0.2, 0) is 10.3 Å². The highest BCUT2D eigenvalue weighted by Crippen LogP contribution is 2.42. The molecule has 1 heterocycles. The van der Waals surface area contributed by atoms with Crippen molar-refractivity contribution in [1.82, 2.24) is 4.90 Å². The molecule has 1 aromatic carbocycles. The Hall–Kier alpha value is -0.860. The third-order valence-corrected chi connectivity index (χ3v) is 4.61. The first kappa shape index (κ1) is 12.2. The van der Waals surface area contributed by atoms with Crippen LogP contribution in [0.2, 0.25) is 0 Å². The Morgan fingerprint density at radius 2 is 1.56 bits per heavy atom. The second kappa shape index (κ2) is 5.41. The van der Waals surface area contributed by atoms with Crippen LogP contribution in [0.3, 0.4) is 0 Å². The molecule has 3 rings (SSSR count). The zero-order valence-electron chi connectivity index (χ0n) is 11.1. The minimum absolute atomic E-state index is 0.295. The van der Waals surface area contributed by atoms with Crippen molar-refractivity contribution in [2.75, 3.05) is 26.3 Å². The molecule has 0 atom stereocenters. The van der Waals surface area contributed by atoms with Crippen LogP contribution in [0, 0.1) is 0 Å². The van der Waals surface area contributed by atoms with E-state index in [1.54, 1.807) is 0 Å². The summed E-state index contributed by atoms with van der Waals surface area (Å²) in [7, 11) is 0. The smallest absolute Gasteiger partial charge is 0.0594 e. The summed E-state index contributed by atoms with van der Waals surface area (Å²) in [5.41, 5.74) is 1.81. The van der Waals surface area contributed by atoms with Crippen LogP contribution < -0.4 is 0 Å². The molecule has 0 radical (unpaired) electrons. The van der Waals surface area contributed by atoms with Crippen LogP contribution in [0.25, 0.3) is 0 Å². The van der Waals surface area contributed by atoms with E-state index in [9.17, 15) is 0 Å². The van der Waals surface area contributed by atoms with Crippen LogP contribution in [0.1, 0.15) is 37.7 Å². The lowest BCUT2D eigenvalue weighted by Gasteiger charge is -2.48. The molecular weight excluding hydrogens is 222 g/mol. The van der Waals surface area contributed by atoms with Gasteiger partial charge in [0, 0.05) is 18.6 Å². The van der Waals surface area contributed by atoms with Gasteiger partial charge in [-0.05, 0) is 18.4 Å². The average molecular weight is 245 g/mol. The van der Waals surface area contributed by atoms with Crippen molar-refractivity contribution < 1.29 is 4.74 Å². The van der Waals surface area contributed by atoms with E-state index < -0.39 is 0 Å². The van der Waals surface area contributed by atoms with Gasteiger partial charge in [0.15, 0.2) is 0 Å². The second-order valence-corrected chi connectivity index (χ2v) is 5.56. The molecule has 1 saturated heterocycles. The van der Waals surface area contributed by atoms with Crippen LogP contribution in [-0.4, -0.2) is 31.2 Å². The Kier molecular flexibility index (Phi) is 3.67. The molecule has 0 N–H and O–H groups in total. The van der Waals surface area contributed by atoms with E-state index in [1.165, 1.54) is 37.7 Å². The number of rotatable bonds is 2. The Bertz CT molecular complexity index is 364. The van der Waals surface area contributed by atoms with Crippen molar-refractivity contribution in [3.63, 3.8) is 0 Å². The van der Waals surface area contributed by atoms with Crippen LogP contribution >= 0.6 is 0 Å². The number of ether oxygens (including phenoxy) is 1. The number of hydrogen-bond acceptors (Lipinski definition) is 2. The summed E-state index contributed by atoms with van der Waals surface area (Å²) in [6.45, 7) is 3.98. The lowest BCUT2D eigenvalue weighted by Crippen LogP contribution is -2.52. The first-order chi connectivity index (χ1) is 8.92. The Labute approximate surface area is 110 Å². The molecule has 18 heavy (non-hydrogen) atoms. The molecule has 0 spiro atoms. The van der Waals surface area contributed by atoms with E-state index in [4.69, 9.17) is 4.74 Å². The van der Waals surface area contributed by atoms with Gasteiger partial charge in [-0.3, -0.25) is 4.90 Å². The van der Waals surface area contributed by atoms with E-state index in [0.717, 1.165) is 26.3 Å². The molecule has 2 aliphatic rings. The molecule has 1 aromatic rings. The molecule has 1 saturated carbocycles. The highest BCUT2D eigenvalue weighted by atomic mass is 16.5. The van der Waals surface area contributed by atoms with Gasteiger partial charge in [-0.25, -0.2) is 0 Å². The predicted octanol–water partition coefficient (Wildman–Crippen LogP) is 3.18. The monoisotopic (exact) mass is 245 g/mol. The molecule has 1 aliphatic carbocycles. The van der Waals surface area contributed by atoms with Crippen molar-refractivity contribution in [2.24, 2.45) is 0 Å². The number of nitrogens with zero attached hydrogens (tertiary/aromatic N) is 1. The van der Waals surface area contributed by atoms with E-state index in [-0.39, 0.29) is 0 Å². The fraction of sp³-hybridized carbons (Fsp3) is 0.625. The number of hydrogen-bond donors (Lipinski definition) is 0. The summed E-state index contributed by atoms with van der Waals surface area (Å²) < 4.78 is 5.53. The highest BCUT2D eigenvalue weighted by molar-refractivity contribution is 5.25. The maximum atomic E-state index is 5.53. The van der Waals surface area contributed by atoms with Gasteiger partial charge in [0.1, 0.15) is 0 Å². The minimum atomic E-state index is 0.295. The third kappa shape index (κ3) is 2.19. The molecule has 98 valence electrons. The fourth-order valence-electron chi connectivity index (χ4n) is 3.66. The van der Waals surface area contributed by atoms with E-state index >= 15 is 0 Å². The van der Waals surface area contributed by atoms with Crippen molar-refractivity contribution >= 4 is 0 Å². The van der Waals surface area contributed by atoms with E-state index in [1.807, 2.05) is 0 Å². The first-order valence-electron chi connectivity index (χ1n) is 7.30. The normalized spacial score (nSPS) is 24.9. The van der Waals surface area contributed by atoms with Gasteiger partial charge in [0.05, 0.1) is 13.2 Å². The fourth-order valence-corrected chi connectivity index (χ4v) is 3.66. The number of morpholine rings is 1. The molecule has 2 fully saturated rings. The zero-order chi connectivity index (χ0) is 12.3. The van der Waals surface area contributed by atoms with E-state index in [0.29, 0.717) is 5.54 Å². The second-order valence-electron chi connectivity index (χ2n) is 5.56. The van der Waals surface area contributed by atoms with Crippen molar-refractivity contribution in [3.05, 3.63) is 35.9 Å². The lowest BCUT2D eigenvalue weighted by atomic mass is 9.75. The van der Waals surface area contributed by atoms with Gasteiger partial charge < -0.3 is 4.74 Å². The minimum Gasteiger partial charge on any atom is -0.379 e. The molecule has 0 unspecified atom stereocenters. The standard InChI is InChI=1S/C16H23NO/c1-3-7-15(8-4-1)16(9-5-2-6-10-16)17-11-13-18-14-12-17/h1,3-4,7-8H,2,5-6,9-14H2. The topological polar surface area (TPSA) is 12.5 Å². The molecule has 0 bridgehead atoms. The van der Waals surface area contributed by atoms with Crippen molar-refractivity contribution in [2.45, 2.75) is 37.6 Å². The lowest BCUT2D eigenvalue weighted by molar-refractivity contribution is -0.0404. The van der Waals surface area contributed by atoms with Crippen LogP contribution in [0.4, 0.5) is 0 Å². The quantitative estimate of drug-likeness (QED) is 0.793. The molecular formula is C16H23NO. The summed E-state index contributed by atoms with van der Waals surface area (Å²) in [6.07, 6.45) is 6.77. The molecule has 1 aliphatic heterocycles. The third-order valence-electron chi connectivity index (χ3n) is 4.61. The van der Waals surface area contributed by atoms with Gasteiger partial charge in [0.2, 0.25) is 0 Å². The van der Waals surface area contributed by atoms with Crippen LogP contribution in [0.15, 0.2) is 30.3 Å². The van der Waals surface area contributed by atoms with Crippen LogP contribution in [0.5, 0.6) is 0 Å². The molecule has 2 heteroatoms. The Balaban J connectivity index is 1.92. The maximum absolute atomic E-state index is 5.53. The largest absolute Gasteiger partial charge is 0.379 e. The summed E-state index contributed by atoms with van der Waals surface area (Å²) >= 11 is 0. The molecule has 0 aromatic heterocycles. The maximum Gasteiger partial charge on any atom is 0.0594 e. The van der Waals surface area contributed by atoms with Gasteiger partial charge in [-0.2, -0.15) is 0 Å². The van der Waals surface area contributed by atoms with Gasteiger partial charge in [-0.15, -0.1) is 0 Å². The molecule has 2 nitrogen and oxygen atoms in total. The predicted molar refractivity (Wildman–Crippen MR) is 73.6 cm³/mol. The SMILES string of the molecule is c1ccc(C2(N3CCOCC3)CCCCC2)cc1. The summed E-state index contributed by atoms with van der Waals surface area (Å²) in [5.74, 6) is 0. The summed E-state index contributed by atoms with van der Waals surface area (Å²) in [5, 5.41) is 0. The zero-order valence-corrected chi connectivity index (χ0v) is 11.1. The summed E-state index contributed by atoms with van der Waals surface area (Å²) in [4.78, 5) is 2.69. The van der Waals surface area contributed by atoms with Crippen molar-refractivity contribution in [1.29, 1.82) is 0 Å². The van der Waals surface area contributed by atoms with Gasteiger partial charge >= 0.3 is 0 Å². The van der Waals surface area contributed by atoms with E-state index in [2.05, 4.69) is 35.2 Å². The first-order valence-corrected chi connectivity index (χ1v) is 7.30. The van der Waals surface area contributed by atoms with Crippen molar-refractivity contribution in [3.8, 4) is 0 Å². The highest BCUT2D eigenvalue weighted by Gasteiger charge is 2.39. The summed E-state index contributed by atoms with van der Waals surface area (Å²) in [6, 6.07) is 11.1. The Morgan fingerprint density at radius 1 is 0.889 bits per heavy atom. The van der Waals surface area contributed by atoms with Gasteiger partial charge in [-0.1, -0.05) is 49.6 Å². The Morgan fingerprint density at radius 3 is 2.22 bits per heavy atom. The average Bonchev–Trinajstić information content (AvgIpc) is 2.50. The number of benzene rings is 1. The molecule has 0 amide bonds.